The van der Waals surface area contributed by atoms with Crippen LogP contribution in [0.3, 0.4) is 0 Å². The molecule has 1 atom stereocenters. The van der Waals surface area contributed by atoms with Crippen molar-refractivity contribution in [2.24, 2.45) is 0 Å². The molecule has 2 heterocycles. The van der Waals surface area contributed by atoms with Gasteiger partial charge < -0.3 is 10.1 Å². The van der Waals surface area contributed by atoms with Crippen molar-refractivity contribution in [2.45, 2.75) is 18.9 Å². The van der Waals surface area contributed by atoms with Gasteiger partial charge in [0.05, 0.1) is 24.1 Å². The zero-order valence-electron chi connectivity index (χ0n) is 14.7. The number of ether oxygens (including phenoxy) is 1. The summed E-state index contributed by atoms with van der Waals surface area (Å²) in [7, 11) is 0. The fraction of sp³-hybridized carbons (Fsp3) is 0.400. The lowest BCUT2D eigenvalue weighted by atomic mass is 10.0. The average molecular weight is 372 g/mol. The Morgan fingerprint density at radius 1 is 1.08 bits per heavy atom. The minimum absolute atomic E-state index is 0.0305. The molecule has 0 radical (unpaired) electrons. The van der Waals surface area contributed by atoms with E-state index < -0.39 is 0 Å². The number of morpholine rings is 1. The highest BCUT2D eigenvalue weighted by molar-refractivity contribution is 7.12. The highest BCUT2D eigenvalue weighted by atomic mass is 32.1. The number of nitrogens with zero attached hydrogens (tertiary/aromatic N) is 1. The predicted molar refractivity (Wildman–Crippen MR) is 102 cm³/mol. The molecule has 1 amide bonds. The number of carbonyl (C=O) groups is 2. The molecule has 1 fully saturated rings. The largest absolute Gasteiger partial charge is 0.379 e. The average Bonchev–Trinajstić information content (AvgIpc) is 3.23. The van der Waals surface area contributed by atoms with Crippen molar-refractivity contribution in [2.75, 3.05) is 32.8 Å². The summed E-state index contributed by atoms with van der Waals surface area (Å²) in [6, 6.07) is 14.0. The number of carbonyl (C=O) groups excluding carboxylic acids is 2. The zero-order chi connectivity index (χ0) is 18.2. The van der Waals surface area contributed by atoms with Gasteiger partial charge in [-0.1, -0.05) is 36.4 Å². The smallest absolute Gasteiger partial charge is 0.220 e. The van der Waals surface area contributed by atoms with Crippen LogP contribution in [-0.4, -0.2) is 49.4 Å². The first-order chi connectivity index (χ1) is 12.7. The lowest BCUT2D eigenvalue weighted by Crippen LogP contribution is -2.43. The SMILES string of the molecule is O=C(CCC(=O)c1cccs1)NCC(c1ccccc1)N1CCOCC1. The third kappa shape index (κ3) is 5.24. The fourth-order valence-electron chi connectivity index (χ4n) is 3.11. The second kappa shape index (κ2) is 9.62. The topological polar surface area (TPSA) is 58.6 Å². The molecule has 138 valence electrons. The van der Waals surface area contributed by atoms with Gasteiger partial charge in [-0.15, -0.1) is 11.3 Å². The van der Waals surface area contributed by atoms with Crippen LogP contribution in [0.4, 0.5) is 0 Å². The van der Waals surface area contributed by atoms with E-state index in [1.807, 2.05) is 29.6 Å². The van der Waals surface area contributed by atoms with Crippen LogP contribution in [0.2, 0.25) is 0 Å². The van der Waals surface area contributed by atoms with E-state index in [9.17, 15) is 9.59 Å². The summed E-state index contributed by atoms with van der Waals surface area (Å²) in [5.74, 6) is -0.0490. The molecule has 0 spiro atoms. The molecule has 3 rings (SSSR count). The molecule has 0 saturated carbocycles. The molecule has 5 nitrogen and oxygen atoms in total. The number of nitrogens with one attached hydrogen (secondary N) is 1. The van der Waals surface area contributed by atoms with Crippen molar-refractivity contribution in [3.8, 4) is 0 Å². The summed E-state index contributed by atoms with van der Waals surface area (Å²) in [4.78, 5) is 27.3. The second-order valence-corrected chi connectivity index (χ2v) is 7.23. The van der Waals surface area contributed by atoms with Crippen molar-refractivity contribution >= 4 is 23.0 Å². The van der Waals surface area contributed by atoms with Crippen molar-refractivity contribution < 1.29 is 14.3 Å². The molecular formula is C20H24N2O3S. The predicted octanol–water partition coefficient (Wildman–Crippen LogP) is 2.90. The van der Waals surface area contributed by atoms with E-state index in [4.69, 9.17) is 4.74 Å². The Labute approximate surface area is 158 Å². The summed E-state index contributed by atoms with van der Waals surface area (Å²) < 4.78 is 5.45. The van der Waals surface area contributed by atoms with Gasteiger partial charge in [-0.3, -0.25) is 14.5 Å². The van der Waals surface area contributed by atoms with Crippen molar-refractivity contribution in [1.29, 1.82) is 0 Å². The van der Waals surface area contributed by atoms with E-state index in [1.54, 1.807) is 6.07 Å². The van der Waals surface area contributed by atoms with Gasteiger partial charge in [0.2, 0.25) is 5.91 Å². The van der Waals surface area contributed by atoms with Gasteiger partial charge >= 0.3 is 0 Å². The maximum absolute atomic E-state index is 12.2. The number of Topliss-reactive ketones (excluding diaryl/α,β-unsaturated/α-hetero) is 1. The Bertz CT molecular complexity index is 697. The molecule has 26 heavy (non-hydrogen) atoms. The van der Waals surface area contributed by atoms with E-state index in [0.29, 0.717) is 24.6 Å². The van der Waals surface area contributed by atoms with E-state index in [0.717, 1.165) is 13.1 Å². The van der Waals surface area contributed by atoms with Crippen LogP contribution in [0.15, 0.2) is 47.8 Å². The van der Waals surface area contributed by atoms with Crippen LogP contribution in [0.1, 0.15) is 34.1 Å². The first-order valence-corrected chi connectivity index (χ1v) is 9.82. The van der Waals surface area contributed by atoms with Gasteiger partial charge in [0.15, 0.2) is 5.78 Å². The Balaban J connectivity index is 1.53. The summed E-state index contributed by atoms with van der Waals surface area (Å²) >= 11 is 1.42. The Morgan fingerprint density at radius 3 is 2.54 bits per heavy atom. The highest BCUT2D eigenvalue weighted by Crippen LogP contribution is 2.21. The monoisotopic (exact) mass is 372 g/mol. The quantitative estimate of drug-likeness (QED) is 0.724. The van der Waals surface area contributed by atoms with E-state index in [2.05, 4.69) is 22.3 Å². The summed E-state index contributed by atoms with van der Waals surface area (Å²) in [6.45, 7) is 3.67. The first kappa shape index (κ1) is 18.8. The molecule has 0 aliphatic carbocycles. The maximum Gasteiger partial charge on any atom is 0.220 e. The minimum atomic E-state index is -0.0795. The van der Waals surface area contributed by atoms with E-state index in [-0.39, 0.29) is 30.6 Å². The normalized spacial score (nSPS) is 16.2. The summed E-state index contributed by atoms with van der Waals surface area (Å²) in [5.41, 5.74) is 1.18. The number of thiophene rings is 1. The number of benzene rings is 1. The van der Waals surface area contributed by atoms with Crippen LogP contribution < -0.4 is 5.32 Å². The number of hydrogen-bond donors (Lipinski definition) is 1. The molecule has 1 aliphatic rings. The van der Waals surface area contributed by atoms with E-state index in [1.165, 1.54) is 16.9 Å². The summed E-state index contributed by atoms with van der Waals surface area (Å²) in [6.07, 6.45) is 0.473. The Morgan fingerprint density at radius 2 is 1.85 bits per heavy atom. The van der Waals surface area contributed by atoms with Crippen LogP contribution in [0.5, 0.6) is 0 Å². The molecule has 1 saturated heterocycles. The van der Waals surface area contributed by atoms with Crippen molar-refractivity contribution in [1.82, 2.24) is 10.2 Å². The second-order valence-electron chi connectivity index (χ2n) is 6.28. The number of ketones is 1. The highest BCUT2D eigenvalue weighted by Gasteiger charge is 2.23. The standard InChI is InChI=1S/C20H24N2O3S/c23-18(19-7-4-14-26-19)8-9-20(24)21-15-17(16-5-2-1-3-6-16)22-10-12-25-13-11-22/h1-7,14,17H,8-13,15H2,(H,21,24). The van der Waals surface area contributed by atoms with Gasteiger partial charge in [-0.2, -0.15) is 0 Å². The molecule has 1 unspecified atom stereocenters. The van der Waals surface area contributed by atoms with Gasteiger partial charge in [0, 0.05) is 32.5 Å². The Hall–Kier alpha value is -2.02. The zero-order valence-corrected chi connectivity index (χ0v) is 15.5. The Kier molecular flexibility index (Phi) is 6.94. The van der Waals surface area contributed by atoms with Crippen LogP contribution >= 0.6 is 11.3 Å². The minimum Gasteiger partial charge on any atom is -0.379 e. The third-order valence-electron chi connectivity index (χ3n) is 4.54. The molecule has 0 bridgehead atoms. The third-order valence-corrected chi connectivity index (χ3v) is 5.45. The number of amides is 1. The first-order valence-electron chi connectivity index (χ1n) is 8.94. The van der Waals surface area contributed by atoms with Crippen LogP contribution in [-0.2, 0) is 9.53 Å². The number of rotatable bonds is 8. The molecule has 1 aromatic carbocycles. The van der Waals surface area contributed by atoms with Crippen molar-refractivity contribution in [3.05, 3.63) is 58.3 Å². The molecule has 1 N–H and O–H groups in total. The molecule has 6 heteroatoms. The lowest BCUT2D eigenvalue weighted by molar-refractivity contribution is -0.121. The van der Waals surface area contributed by atoms with Crippen molar-refractivity contribution in [3.63, 3.8) is 0 Å². The van der Waals surface area contributed by atoms with Gasteiger partial charge in [0.1, 0.15) is 0 Å². The number of hydrogen-bond acceptors (Lipinski definition) is 5. The van der Waals surface area contributed by atoms with Crippen LogP contribution in [0, 0.1) is 0 Å². The van der Waals surface area contributed by atoms with Gasteiger partial charge in [-0.25, -0.2) is 0 Å². The van der Waals surface area contributed by atoms with Gasteiger partial charge in [-0.05, 0) is 17.0 Å². The molecule has 1 aliphatic heterocycles. The van der Waals surface area contributed by atoms with Gasteiger partial charge in [0.25, 0.3) is 0 Å². The molecular weight excluding hydrogens is 348 g/mol. The summed E-state index contributed by atoms with van der Waals surface area (Å²) in [5, 5.41) is 4.88. The molecule has 1 aromatic heterocycles. The van der Waals surface area contributed by atoms with Crippen LogP contribution in [0.25, 0.3) is 0 Å². The fourth-order valence-corrected chi connectivity index (χ4v) is 3.80. The molecule has 2 aromatic rings. The lowest BCUT2D eigenvalue weighted by Gasteiger charge is -2.35. The van der Waals surface area contributed by atoms with E-state index >= 15 is 0 Å². The maximum atomic E-state index is 12.2.